The first-order valence-corrected chi connectivity index (χ1v) is 12.1. The monoisotopic (exact) mass is 473 g/mol. The van der Waals surface area contributed by atoms with Crippen LogP contribution in [0.2, 0.25) is 0 Å². The van der Waals surface area contributed by atoms with E-state index in [-0.39, 0.29) is 12.3 Å². The molecule has 2 aromatic carbocycles. The van der Waals surface area contributed by atoms with Gasteiger partial charge in [-0.3, -0.25) is 9.36 Å². The molecule has 33 heavy (non-hydrogen) atoms. The highest BCUT2D eigenvalue weighted by Gasteiger charge is 2.18. The van der Waals surface area contributed by atoms with Crippen LogP contribution in [0.4, 0.5) is 5.69 Å². The largest absolute Gasteiger partial charge is 0.461 e. The lowest BCUT2D eigenvalue weighted by molar-refractivity contribution is -0.115. The lowest BCUT2D eigenvalue weighted by Gasteiger charge is -2.08. The molecule has 3 heterocycles. The first-order valence-electron chi connectivity index (χ1n) is 10.2. The van der Waals surface area contributed by atoms with Crippen LogP contribution in [0, 0.1) is 0 Å². The molecule has 0 aliphatic heterocycles. The molecular weight excluding hydrogens is 454 g/mol. The van der Waals surface area contributed by atoms with Gasteiger partial charge in [0, 0.05) is 22.5 Å². The topological polar surface area (TPSA) is 85.8 Å². The summed E-state index contributed by atoms with van der Waals surface area (Å²) in [5.41, 5.74) is 2.63. The first-order chi connectivity index (χ1) is 16.3. The summed E-state index contributed by atoms with van der Waals surface area (Å²) in [6.45, 7) is 0. The molecule has 0 radical (unpaired) electrons. The molecule has 0 bridgehead atoms. The lowest BCUT2D eigenvalue weighted by Crippen LogP contribution is -2.14. The van der Waals surface area contributed by atoms with Crippen LogP contribution in [-0.2, 0) is 17.0 Å². The van der Waals surface area contributed by atoms with Crippen molar-refractivity contribution in [1.29, 1.82) is 0 Å². The molecule has 5 aromatic rings. The van der Waals surface area contributed by atoms with Gasteiger partial charge in [0.05, 0.1) is 18.4 Å². The molecule has 1 amide bonds. The molecule has 0 saturated carbocycles. The third kappa shape index (κ3) is 5.05. The van der Waals surface area contributed by atoms with Crippen LogP contribution < -0.4 is 5.32 Å². The fourth-order valence-corrected chi connectivity index (χ4v) is 4.98. The van der Waals surface area contributed by atoms with E-state index in [2.05, 4.69) is 20.5 Å². The Balaban J connectivity index is 1.28. The normalized spacial score (nSPS) is 10.9. The Hall–Kier alpha value is -3.69. The number of para-hydroxylation sites is 2. The van der Waals surface area contributed by atoms with Crippen molar-refractivity contribution >= 4 is 34.7 Å². The highest BCUT2D eigenvalue weighted by Crippen LogP contribution is 2.30. The van der Waals surface area contributed by atoms with E-state index in [1.54, 1.807) is 6.26 Å². The molecule has 5 rings (SSSR count). The average Bonchev–Trinajstić information content (AvgIpc) is 3.60. The zero-order valence-electron chi connectivity index (χ0n) is 17.4. The molecule has 3 aromatic heterocycles. The Morgan fingerprint density at radius 1 is 1.00 bits per heavy atom. The molecule has 7 nitrogen and oxygen atoms in total. The summed E-state index contributed by atoms with van der Waals surface area (Å²) in [7, 11) is 0. The van der Waals surface area contributed by atoms with Gasteiger partial charge in [-0.1, -0.05) is 48.2 Å². The number of hydrogen-bond donors (Lipinski definition) is 1. The number of nitrogens with one attached hydrogen (secondary N) is 1. The number of amides is 1. The van der Waals surface area contributed by atoms with Gasteiger partial charge in [0.1, 0.15) is 5.01 Å². The minimum Gasteiger partial charge on any atom is -0.461 e. The van der Waals surface area contributed by atoms with Crippen molar-refractivity contribution in [2.24, 2.45) is 0 Å². The van der Waals surface area contributed by atoms with Gasteiger partial charge < -0.3 is 9.73 Å². The summed E-state index contributed by atoms with van der Waals surface area (Å²) in [5, 5.41) is 15.1. The van der Waals surface area contributed by atoms with E-state index in [4.69, 9.17) is 4.42 Å². The van der Waals surface area contributed by atoms with Gasteiger partial charge in [-0.05, 0) is 36.4 Å². The number of anilines is 1. The Kier molecular flexibility index (Phi) is 6.32. The average molecular weight is 474 g/mol. The van der Waals surface area contributed by atoms with Gasteiger partial charge in [-0.15, -0.1) is 21.5 Å². The standard InChI is InChI=1S/C24H19N5O2S2/c30-21(25-17-8-3-1-4-9-17)14-22-26-18(15-32-22)16-33-24-28-27-23(20-12-7-13-31-20)29(24)19-10-5-2-6-11-19/h1-13,15H,14,16H2,(H,25,30). The fraction of sp³-hybridized carbons (Fsp3) is 0.0833. The van der Waals surface area contributed by atoms with Crippen LogP contribution in [0.25, 0.3) is 17.3 Å². The molecule has 0 unspecified atom stereocenters. The third-order valence-electron chi connectivity index (χ3n) is 4.71. The Morgan fingerprint density at radius 3 is 2.55 bits per heavy atom. The number of carbonyl (C=O) groups excluding carboxylic acids is 1. The second-order valence-electron chi connectivity index (χ2n) is 7.07. The maximum absolute atomic E-state index is 12.3. The summed E-state index contributed by atoms with van der Waals surface area (Å²) in [4.78, 5) is 16.9. The molecule has 1 N–H and O–H groups in total. The fourth-order valence-electron chi connectivity index (χ4n) is 3.24. The molecule has 164 valence electrons. The summed E-state index contributed by atoms with van der Waals surface area (Å²) in [6.07, 6.45) is 1.87. The number of hydrogen-bond acceptors (Lipinski definition) is 7. The number of thiazole rings is 1. The molecule has 9 heteroatoms. The minimum atomic E-state index is -0.0818. The summed E-state index contributed by atoms with van der Waals surface area (Å²) < 4.78 is 7.54. The van der Waals surface area contributed by atoms with Crippen molar-refractivity contribution in [3.8, 4) is 17.3 Å². The zero-order chi connectivity index (χ0) is 22.5. The second kappa shape index (κ2) is 9.85. The van der Waals surface area contributed by atoms with Crippen molar-refractivity contribution < 1.29 is 9.21 Å². The molecular formula is C24H19N5O2S2. The van der Waals surface area contributed by atoms with Crippen LogP contribution in [0.15, 0.2) is 94.0 Å². The van der Waals surface area contributed by atoms with Crippen LogP contribution in [0.1, 0.15) is 10.7 Å². The van der Waals surface area contributed by atoms with Gasteiger partial charge >= 0.3 is 0 Å². The van der Waals surface area contributed by atoms with E-state index in [1.807, 2.05) is 82.7 Å². The van der Waals surface area contributed by atoms with Gasteiger partial charge in [-0.25, -0.2) is 4.98 Å². The van der Waals surface area contributed by atoms with E-state index >= 15 is 0 Å². The number of benzene rings is 2. The number of furan rings is 1. The molecule has 0 atom stereocenters. The van der Waals surface area contributed by atoms with E-state index in [9.17, 15) is 4.79 Å². The maximum Gasteiger partial charge on any atom is 0.231 e. The molecule has 0 aliphatic carbocycles. The number of carbonyl (C=O) groups is 1. The minimum absolute atomic E-state index is 0.0818. The predicted octanol–water partition coefficient (Wildman–Crippen LogP) is 5.46. The van der Waals surface area contributed by atoms with E-state index in [1.165, 1.54) is 23.1 Å². The van der Waals surface area contributed by atoms with E-state index in [0.717, 1.165) is 27.2 Å². The quantitative estimate of drug-likeness (QED) is 0.301. The molecule has 0 spiro atoms. The highest BCUT2D eigenvalue weighted by molar-refractivity contribution is 7.98. The van der Waals surface area contributed by atoms with E-state index < -0.39 is 0 Å². The van der Waals surface area contributed by atoms with Crippen LogP contribution >= 0.6 is 23.1 Å². The van der Waals surface area contributed by atoms with Gasteiger partial charge in [-0.2, -0.15) is 0 Å². The van der Waals surface area contributed by atoms with Crippen LogP contribution in [0.3, 0.4) is 0 Å². The number of aromatic nitrogens is 4. The van der Waals surface area contributed by atoms with Crippen molar-refractivity contribution in [2.75, 3.05) is 5.32 Å². The van der Waals surface area contributed by atoms with Crippen molar-refractivity contribution in [2.45, 2.75) is 17.3 Å². The first kappa shape index (κ1) is 21.2. The summed E-state index contributed by atoms with van der Waals surface area (Å²) >= 11 is 3.02. The van der Waals surface area contributed by atoms with Crippen LogP contribution in [0.5, 0.6) is 0 Å². The maximum atomic E-state index is 12.3. The van der Waals surface area contributed by atoms with Gasteiger partial charge in [0.2, 0.25) is 11.7 Å². The molecule has 0 fully saturated rings. The zero-order valence-corrected chi connectivity index (χ0v) is 19.1. The summed E-state index contributed by atoms with van der Waals surface area (Å²) in [5.74, 6) is 1.82. The Labute approximate surface area is 198 Å². The Morgan fingerprint density at radius 2 is 1.79 bits per heavy atom. The predicted molar refractivity (Wildman–Crippen MR) is 130 cm³/mol. The highest BCUT2D eigenvalue weighted by atomic mass is 32.2. The number of nitrogens with zero attached hydrogens (tertiary/aromatic N) is 4. The smallest absolute Gasteiger partial charge is 0.231 e. The second-order valence-corrected chi connectivity index (χ2v) is 8.95. The van der Waals surface area contributed by atoms with Crippen molar-refractivity contribution in [3.05, 3.63) is 95.1 Å². The number of thioether (sulfide) groups is 1. The van der Waals surface area contributed by atoms with Crippen LogP contribution in [-0.4, -0.2) is 25.7 Å². The SMILES string of the molecule is O=C(Cc1nc(CSc2nnc(-c3ccco3)n2-c2ccccc2)cs1)Nc1ccccc1. The van der Waals surface area contributed by atoms with Gasteiger partial charge in [0.25, 0.3) is 0 Å². The van der Waals surface area contributed by atoms with Crippen molar-refractivity contribution in [3.63, 3.8) is 0 Å². The molecule has 0 saturated heterocycles. The number of rotatable bonds is 8. The Bertz CT molecular complexity index is 1330. The van der Waals surface area contributed by atoms with E-state index in [0.29, 0.717) is 17.3 Å². The van der Waals surface area contributed by atoms with Crippen molar-refractivity contribution in [1.82, 2.24) is 19.7 Å². The third-order valence-corrected chi connectivity index (χ3v) is 6.57. The summed E-state index contributed by atoms with van der Waals surface area (Å²) in [6, 6.07) is 23.0. The molecule has 0 aliphatic rings. The van der Waals surface area contributed by atoms with Gasteiger partial charge in [0.15, 0.2) is 10.9 Å². The lowest BCUT2D eigenvalue weighted by atomic mass is 10.3.